The van der Waals surface area contributed by atoms with Gasteiger partial charge in [0.25, 0.3) is 0 Å². The largest absolute Gasteiger partial charge is 0.410 e. The van der Waals surface area contributed by atoms with E-state index in [-0.39, 0.29) is 6.54 Å². The molecule has 16 heavy (non-hydrogen) atoms. The van der Waals surface area contributed by atoms with Crippen LogP contribution in [0.1, 0.15) is 0 Å². The zero-order valence-corrected chi connectivity index (χ0v) is 9.79. The van der Waals surface area contributed by atoms with Crippen molar-refractivity contribution in [3.63, 3.8) is 0 Å². The average molecular weight is 271 g/mol. The molecule has 1 aliphatic heterocycles. The summed E-state index contributed by atoms with van der Waals surface area (Å²) in [5.74, 6) is 0. The first-order valence-electron chi connectivity index (χ1n) is 4.78. The summed E-state index contributed by atoms with van der Waals surface area (Å²) in [6.07, 6.45) is -4.22. The monoisotopic (exact) mass is 270 g/mol. The molecular weight excluding hydrogens is 261 g/mol. The molecule has 0 radical (unpaired) electrons. The molecule has 0 amide bonds. The van der Waals surface area contributed by atoms with Crippen molar-refractivity contribution in [2.45, 2.75) is 12.2 Å². The second kappa shape index (κ2) is 4.43. The first-order chi connectivity index (χ1) is 7.48. The van der Waals surface area contributed by atoms with Crippen LogP contribution in [0.25, 0.3) is 0 Å². The first-order valence-corrected chi connectivity index (χ1v) is 5.97. The van der Waals surface area contributed by atoms with Gasteiger partial charge in [-0.2, -0.15) is 13.2 Å². The van der Waals surface area contributed by atoms with Crippen LogP contribution in [0.4, 0.5) is 18.2 Å². The molecule has 1 aliphatic rings. The zero-order chi connectivity index (χ0) is 11.8. The van der Waals surface area contributed by atoms with Crippen LogP contribution in [0.2, 0.25) is 4.34 Å². The summed E-state index contributed by atoms with van der Waals surface area (Å²) in [7, 11) is 0. The molecule has 0 aliphatic carbocycles. The number of nitrogens with one attached hydrogen (secondary N) is 1. The quantitative estimate of drug-likeness (QED) is 0.844. The van der Waals surface area contributed by atoms with Crippen molar-refractivity contribution in [3.8, 4) is 0 Å². The molecule has 2 rings (SSSR count). The number of thiophene rings is 1. The van der Waals surface area contributed by atoms with E-state index in [0.717, 1.165) is 0 Å². The number of nitrogens with zero attached hydrogens (tertiary/aromatic N) is 1. The van der Waals surface area contributed by atoms with E-state index in [1.165, 1.54) is 16.2 Å². The lowest BCUT2D eigenvalue weighted by Gasteiger charge is -2.37. The molecule has 1 saturated heterocycles. The number of hydrogen-bond donors (Lipinski definition) is 1. The Balaban J connectivity index is 2.23. The minimum absolute atomic E-state index is 0.0704. The van der Waals surface area contributed by atoms with E-state index >= 15 is 0 Å². The average Bonchev–Trinajstić information content (AvgIpc) is 2.64. The van der Waals surface area contributed by atoms with Crippen LogP contribution in [0.5, 0.6) is 0 Å². The van der Waals surface area contributed by atoms with Gasteiger partial charge in [-0.3, -0.25) is 0 Å². The highest BCUT2D eigenvalue weighted by Crippen LogP contribution is 2.35. The van der Waals surface area contributed by atoms with Crippen molar-refractivity contribution >= 4 is 27.9 Å². The Morgan fingerprint density at radius 3 is 2.75 bits per heavy atom. The van der Waals surface area contributed by atoms with Crippen LogP contribution < -0.4 is 10.2 Å². The van der Waals surface area contributed by atoms with Gasteiger partial charge >= 0.3 is 6.18 Å². The van der Waals surface area contributed by atoms with Gasteiger partial charge < -0.3 is 10.2 Å². The Bertz CT molecular complexity index is 366. The molecule has 0 saturated carbocycles. The second-order valence-electron chi connectivity index (χ2n) is 3.53. The number of hydrogen-bond acceptors (Lipinski definition) is 3. The second-order valence-corrected chi connectivity index (χ2v) is 5.23. The van der Waals surface area contributed by atoms with E-state index in [0.29, 0.717) is 22.4 Å². The first kappa shape index (κ1) is 12.0. The molecule has 2 heterocycles. The Labute approximate surface area is 100 Å². The summed E-state index contributed by atoms with van der Waals surface area (Å²) in [4.78, 5) is 1.37. The van der Waals surface area contributed by atoms with Crippen LogP contribution >= 0.6 is 22.9 Å². The van der Waals surface area contributed by atoms with Crippen molar-refractivity contribution in [2.24, 2.45) is 0 Å². The molecule has 1 atom stereocenters. The van der Waals surface area contributed by atoms with Crippen LogP contribution in [0.3, 0.4) is 0 Å². The maximum absolute atomic E-state index is 12.8. The van der Waals surface area contributed by atoms with E-state index < -0.39 is 12.2 Å². The van der Waals surface area contributed by atoms with Crippen molar-refractivity contribution in [1.82, 2.24) is 5.32 Å². The van der Waals surface area contributed by atoms with Gasteiger partial charge in [-0.15, -0.1) is 11.3 Å². The molecule has 1 aromatic heterocycles. The van der Waals surface area contributed by atoms with Gasteiger partial charge in [0, 0.05) is 19.6 Å². The highest BCUT2D eigenvalue weighted by molar-refractivity contribution is 7.19. The minimum Gasteiger partial charge on any atom is -0.349 e. The lowest BCUT2D eigenvalue weighted by atomic mass is 10.2. The lowest BCUT2D eigenvalue weighted by Crippen LogP contribution is -2.57. The van der Waals surface area contributed by atoms with Gasteiger partial charge in [-0.05, 0) is 12.1 Å². The fraction of sp³-hybridized carbons (Fsp3) is 0.556. The fourth-order valence-corrected chi connectivity index (χ4v) is 2.83. The van der Waals surface area contributed by atoms with Crippen LogP contribution in [-0.4, -0.2) is 31.9 Å². The third-order valence-corrected chi connectivity index (χ3v) is 3.73. The number of alkyl halides is 3. The van der Waals surface area contributed by atoms with Gasteiger partial charge in [0.05, 0.1) is 9.34 Å². The molecule has 2 nitrogen and oxygen atoms in total. The van der Waals surface area contributed by atoms with Crippen molar-refractivity contribution in [3.05, 3.63) is 16.5 Å². The predicted molar refractivity (Wildman–Crippen MR) is 59.4 cm³/mol. The smallest absolute Gasteiger partial charge is 0.349 e. The molecule has 0 bridgehead atoms. The molecule has 0 spiro atoms. The molecule has 1 unspecified atom stereocenters. The van der Waals surface area contributed by atoms with Crippen molar-refractivity contribution in [1.29, 1.82) is 0 Å². The van der Waals surface area contributed by atoms with Gasteiger partial charge in [0.1, 0.15) is 6.04 Å². The normalized spacial score (nSPS) is 22.5. The molecular formula is C9H10ClF3N2S. The van der Waals surface area contributed by atoms with Crippen LogP contribution in [-0.2, 0) is 0 Å². The van der Waals surface area contributed by atoms with Gasteiger partial charge in [0.15, 0.2) is 0 Å². The maximum atomic E-state index is 12.8. The topological polar surface area (TPSA) is 15.3 Å². The summed E-state index contributed by atoms with van der Waals surface area (Å²) in [5, 5.41) is 3.34. The van der Waals surface area contributed by atoms with Gasteiger partial charge in [-0.1, -0.05) is 11.6 Å². The summed E-state index contributed by atoms with van der Waals surface area (Å²) in [6, 6.07) is 1.80. The molecule has 1 aromatic rings. The van der Waals surface area contributed by atoms with Crippen molar-refractivity contribution in [2.75, 3.05) is 24.5 Å². The molecule has 7 heteroatoms. The van der Waals surface area contributed by atoms with Crippen LogP contribution in [0, 0.1) is 0 Å². The van der Waals surface area contributed by atoms with Gasteiger partial charge in [-0.25, -0.2) is 0 Å². The van der Waals surface area contributed by atoms with E-state index in [2.05, 4.69) is 5.32 Å². The Kier molecular flexibility index (Phi) is 3.32. The van der Waals surface area contributed by atoms with E-state index in [1.807, 2.05) is 0 Å². The fourth-order valence-electron chi connectivity index (χ4n) is 1.72. The van der Waals surface area contributed by atoms with E-state index in [4.69, 9.17) is 11.6 Å². The number of rotatable bonds is 1. The summed E-state index contributed by atoms with van der Waals surface area (Å²) >= 11 is 6.91. The van der Waals surface area contributed by atoms with E-state index in [9.17, 15) is 13.2 Å². The predicted octanol–water partition coefficient (Wildman–Crippen LogP) is 2.74. The number of halogens is 4. The molecule has 1 N–H and O–H groups in total. The minimum atomic E-state index is -4.22. The van der Waals surface area contributed by atoms with E-state index in [1.54, 1.807) is 12.1 Å². The maximum Gasteiger partial charge on any atom is 0.410 e. The Hall–Kier alpha value is -0.460. The molecule has 90 valence electrons. The highest BCUT2D eigenvalue weighted by atomic mass is 35.5. The summed E-state index contributed by atoms with van der Waals surface area (Å²) in [6.45, 7) is 0.835. The Morgan fingerprint density at radius 1 is 1.44 bits per heavy atom. The van der Waals surface area contributed by atoms with Crippen LogP contribution in [0.15, 0.2) is 12.1 Å². The van der Waals surface area contributed by atoms with Crippen molar-refractivity contribution < 1.29 is 13.2 Å². The number of piperazine rings is 1. The SMILES string of the molecule is FC(F)(F)C1CNCCN1c1ccc(Cl)s1. The highest BCUT2D eigenvalue weighted by Gasteiger charge is 2.45. The molecule has 0 aromatic carbocycles. The third-order valence-electron chi connectivity index (χ3n) is 2.46. The van der Waals surface area contributed by atoms with Gasteiger partial charge in [0.2, 0.25) is 0 Å². The standard InChI is InChI=1S/C9H10ClF3N2S/c10-7-1-2-8(16-7)15-4-3-14-5-6(15)9(11,12)13/h1-2,6,14H,3-5H2. The third kappa shape index (κ3) is 2.44. The summed E-state index contributed by atoms with van der Waals surface area (Å²) < 4.78 is 38.8. The molecule has 1 fully saturated rings. The zero-order valence-electron chi connectivity index (χ0n) is 8.22. The number of anilines is 1. The summed E-state index contributed by atoms with van der Waals surface area (Å²) in [5.41, 5.74) is 0. The Morgan fingerprint density at radius 2 is 2.19 bits per heavy atom. The lowest BCUT2D eigenvalue weighted by molar-refractivity contribution is -0.149.